The molecule has 0 aromatic rings. The van der Waals surface area contributed by atoms with Crippen LogP contribution in [0.15, 0.2) is 4.99 Å². The first-order chi connectivity index (χ1) is 10.5. The highest BCUT2D eigenvalue weighted by Gasteiger charge is 2.26. The molecular weight excluding hydrogens is 295 g/mol. The predicted octanol–water partition coefficient (Wildman–Crippen LogP) is 3.23. The molecule has 0 radical (unpaired) electrons. The van der Waals surface area contributed by atoms with Crippen LogP contribution < -0.4 is 10.6 Å². The van der Waals surface area contributed by atoms with E-state index < -0.39 is 12.6 Å². The Morgan fingerprint density at radius 1 is 1.14 bits per heavy atom. The van der Waals surface area contributed by atoms with E-state index in [0.717, 1.165) is 12.8 Å². The standard InChI is InChI=1S/C15H28F3N3O/c1-2-19-14(20-10-9-15(16,17)18)21-11-12-22-13-7-5-3-4-6-8-13/h13H,2-12H2,1H3,(H2,19,20,21). The van der Waals surface area contributed by atoms with Crippen molar-refractivity contribution < 1.29 is 17.9 Å². The number of hydrogen-bond donors (Lipinski definition) is 2. The molecule has 2 N–H and O–H groups in total. The third-order valence-corrected chi connectivity index (χ3v) is 3.56. The number of nitrogens with zero attached hydrogens (tertiary/aromatic N) is 1. The summed E-state index contributed by atoms with van der Waals surface area (Å²) in [5.74, 6) is 0.413. The normalized spacial score (nSPS) is 18.1. The zero-order chi connectivity index (χ0) is 16.3. The number of alkyl halides is 3. The molecule has 4 nitrogen and oxygen atoms in total. The Morgan fingerprint density at radius 2 is 1.82 bits per heavy atom. The van der Waals surface area contributed by atoms with Crippen LogP contribution in [0.4, 0.5) is 13.2 Å². The van der Waals surface area contributed by atoms with Gasteiger partial charge in [0.25, 0.3) is 0 Å². The molecule has 0 spiro atoms. The summed E-state index contributed by atoms with van der Waals surface area (Å²) in [6.07, 6.45) is 2.50. The predicted molar refractivity (Wildman–Crippen MR) is 82.1 cm³/mol. The highest BCUT2D eigenvalue weighted by molar-refractivity contribution is 5.79. The van der Waals surface area contributed by atoms with Crippen molar-refractivity contribution in [2.45, 2.75) is 64.1 Å². The number of guanidine groups is 1. The number of ether oxygens (including phenoxy) is 1. The molecule has 1 fully saturated rings. The molecule has 0 amide bonds. The Balaban J connectivity index is 2.21. The molecule has 0 heterocycles. The fraction of sp³-hybridized carbons (Fsp3) is 0.933. The summed E-state index contributed by atoms with van der Waals surface area (Å²) in [6.45, 7) is 3.33. The summed E-state index contributed by atoms with van der Waals surface area (Å²) in [5.41, 5.74) is 0. The van der Waals surface area contributed by atoms with Crippen LogP contribution in [0.1, 0.15) is 51.9 Å². The maximum atomic E-state index is 12.1. The monoisotopic (exact) mass is 323 g/mol. The van der Waals surface area contributed by atoms with Crippen LogP contribution in [0.25, 0.3) is 0 Å². The minimum atomic E-state index is -4.16. The molecule has 0 aromatic carbocycles. The molecule has 0 saturated heterocycles. The molecule has 1 rings (SSSR count). The lowest BCUT2D eigenvalue weighted by Crippen LogP contribution is -2.39. The lowest BCUT2D eigenvalue weighted by molar-refractivity contribution is -0.132. The molecule has 1 saturated carbocycles. The molecular formula is C15H28F3N3O. The van der Waals surface area contributed by atoms with E-state index in [1.54, 1.807) is 0 Å². The highest BCUT2D eigenvalue weighted by Crippen LogP contribution is 2.20. The van der Waals surface area contributed by atoms with Crippen molar-refractivity contribution in [3.8, 4) is 0 Å². The van der Waals surface area contributed by atoms with Gasteiger partial charge in [0.05, 0.1) is 25.7 Å². The van der Waals surface area contributed by atoms with Crippen LogP contribution in [-0.2, 0) is 4.74 Å². The molecule has 0 atom stereocenters. The molecule has 1 aliphatic rings. The summed E-state index contributed by atoms with van der Waals surface area (Å²) in [5, 5.41) is 5.94. The molecule has 0 bridgehead atoms. The first-order valence-electron chi connectivity index (χ1n) is 8.22. The van der Waals surface area contributed by atoms with Crippen molar-refractivity contribution in [2.75, 3.05) is 26.2 Å². The van der Waals surface area contributed by atoms with Crippen molar-refractivity contribution in [3.63, 3.8) is 0 Å². The molecule has 0 aliphatic heterocycles. The smallest absolute Gasteiger partial charge is 0.376 e. The number of hydrogen-bond acceptors (Lipinski definition) is 2. The Morgan fingerprint density at radius 3 is 2.41 bits per heavy atom. The van der Waals surface area contributed by atoms with Crippen LogP contribution in [0, 0.1) is 0 Å². The van der Waals surface area contributed by atoms with Crippen molar-refractivity contribution >= 4 is 5.96 Å². The van der Waals surface area contributed by atoms with Crippen LogP contribution in [0.2, 0.25) is 0 Å². The van der Waals surface area contributed by atoms with Crippen molar-refractivity contribution in [2.24, 2.45) is 4.99 Å². The van der Waals surface area contributed by atoms with E-state index in [9.17, 15) is 13.2 Å². The Hall–Kier alpha value is -0.980. The summed E-state index contributed by atoms with van der Waals surface area (Å²) in [4.78, 5) is 3.92. The van der Waals surface area contributed by atoms with Crippen LogP contribution in [0.5, 0.6) is 0 Å². The summed E-state index contributed by atoms with van der Waals surface area (Å²) < 4.78 is 42.1. The average molecular weight is 323 g/mol. The number of aliphatic imine (C=N–C) groups is 1. The topological polar surface area (TPSA) is 45.7 Å². The third-order valence-electron chi connectivity index (χ3n) is 3.56. The van der Waals surface area contributed by atoms with Gasteiger partial charge < -0.3 is 15.4 Å². The number of halogens is 3. The Bertz CT molecular complexity index is 314. The zero-order valence-corrected chi connectivity index (χ0v) is 13.3. The van der Waals surface area contributed by atoms with Gasteiger partial charge in [-0.2, -0.15) is 13.2 Å². The van der Waals surface area contributed by atoms with Gasteiger partial charge in [0.1, 0.15) is 0 Å². The minimum absolute atomic E-state index is 0.262. The van der Waals surface area contributed by atoms with E-state index in [0.29, 0.717) is 31.8 Å². The zero-order valence-electron chi connectivity index (χ0n) is 13.3. The molecule has 0 aromatic heterocycles. The summed E-state index contributed by atoms with van der Waals surface area (Å²) >= 11 is 0. The first kappa shape index (κ1) is 19.1. The van der Waals surface area contributed by atoms with Gasteiger partial charge >= 0.3 is 6.18 Å². The average Bonchev–Trinajstić information content (AvgIpc) is 2.71. The molecule has 0 unspecified atom stereocenters. The number of rotatable bonds is 7. The Kier molecular flexibility index (Phi) is 9.27. The SMILES string of the molecule is CCNC(=NCCC(F)(F)F)NCCOC1CCCCCC1. The van der Waals surface area contributed by atoms with E-state index in [4.69, 9.17) is 4.74 Å². The summed E-state index contributed by atoms with van der Waals surface area (Å²) in [6, 6.07) is 0. The molecule has 1 aliphatic carbocycles. The highest BCUT2D eigenvalue weighted by atomic mass is 19.4. The maximum Gasteiger partial charge on any atom is 0.390 e. The van der Waals surface area contributed by atoms with Gasteiger partial charge in [-0.25, -0.2) is 0 Å². The fourth-order valence-electron chi connectivity index (χ4n) is 2.44. The quantitative estimate of drug-likeness (QED) is 0.327. The molecule has 22 heavy (non-hydrogen) atoms. The van der Waals surface area contributed by atoms with E-state index in [-0.39, 0.29) is 6.54 Å². The van der Waals surface area contributed by atoms with Gasteiger partial charge in [-0.1, -0.05) is 25.7 Å². The second kappa shape index (κ2) is 10.7. The van der Waals surface area contributed by atoms with Gasteiger partial charge in [0, 0.05) is 13.1 Å². The van der Waals surface area contributed by atoms with Crippen molar-refractivity contribution in [1.82, 2.24) is 10.6 Å². The van der Waals surface area contributed by atoms with Gasteiger partial charge in [0.2, 0.25) is 0 Å². The lowest BCUT2D eigenvalue weighted by atomic mass is 10.1. The van der Waals surface area contributed by atoms with Crippen LogP contribution in [-0.4, -0.2) is 44.5 Å². The summed E-state index contributed by atoms with van der Waals surface area (Å²) in [7, 11) is 0. The molecule has 130 valence electrons. The number of nitrogens with one attached hydrogen (secondary N) is 2. The lowest BCUT2D eigenvalue weighted by Gasteiger charge is -2.16. The fourth-order valence-corrected chi connectivity index (χ4v) is 2.44. The third kappa shape index (κ3) is 9.87. The van der Waals surface area contributed by atoms with Gasteiger partial charge in [-0.15, -0.1) is 0 Å². The van der Waals surface area contributed by atoms with E-state index in [1.807, 2.05) is 6.92 Å². The second-order valence-electron chi connectivity index (χ2n) is 5.54. The second-order valence-corrected chi connectivity index (χ2v) is 5.54. The maximum absolute atomic E-state index is 12.1. The van der Waals surface area contributed by atoms with Gasteiger partial charge in [0.15, 0.2) is 5.96 Å². The van der Waals surface area contributed by atoms with E-state index >= 15 is 0 Å². The van der Waals surface area contributed by atoms with E-state index in [2.05, 4.69) is 15.6 Å². The van der Waals surface area contributed by atoms with Crippen molar-refractivity contribution in [1.29, 1.82) is 0 Å². The van der Waals surface area contributed by atoms with Crippen LogP contribution in [0.3, 0.4) is 0 Å². The molecule has 7 heteroatoms. The largest absolute Gasteiger partial charge is 0.390 e. The van der Waals surface area contributed by atoms with Crippen LogP contribution >= 0.6 is 0 Å². The van der Waals surface area contributed by atoms with Crippen molar-refractivity contribution in [3.05, 3.63) is 0 Å². The van der Waals surface area contributed by atoms with Gasteiger partial charge in [-0.05, 0) is 19.8 Å². The Labute approximate surface area is 130 Å². The first-order valence-corrected chi connectivity index (χ1v) is 8.22. The van der Waals surface area contributed by atoms with E-state index in [1.165, 1.54) is 25.7 Å². The van der Waals surface area contributed by atoms with Gasteiger partial charge in [-0.3, -0.25) is 4.99 Å². The minimum Gasteiger partial charge on any atom is -0.376 e.